The summed E-state index contributed by atoms with van der Waals surface area (Å²) in [5, 5.41) is 3.85. The molecule has 0 spiro atoms. The van der Waals surface area contributed by atoms with Crippen LogP contribution in [-0.4, -0.2) is 29.3 Å². The monoisotopic (exact) mass is 339 g/mol. The number of pyridine rings is 1. The van der Waals surface area contributed by atoms with Crippen LogP contribution in [-0.2, 0) is 4.79 Å². The van der Waals surface area contributed by atoms with E-state index in [1.807, 2.05) is 12.1 Å². The molecule has 0 unspecified atom stereocenters. The van der Waals surface area contributed by atoms with Crippen molar-refractivity contribution in [2.45, 2.75) is 38.5 Å². The summed E-state index contributed by atoms with van der Waals surface area (Å²) in [6.07, 6.45) is 8.07. The minimum Gasteiger partial charge on any atom is -0.357 e. The van der Waals surface area contributed by atoms with E-state index in [0.29, 0.717) is 6.42 Å². The zero-order chi connectivity index (χ0) is 14.2. The van der Waals surface area contributed by atoms with E-state index in [-0.39, 0.29) is 5.91 Å². The lowest BCUT2D eigenvalue weighted by Crippen LogP contribution is -2.30. The zero-order valence-electron chi connectivity index (χ0n) is 11.8. The molecule has 20 heavy (non-hydrogen) atoms. The second-order valence-corrected chi connectivity index (χ2v) is 5.94. The first-order valence-electron chi connectivity index (χ1n) is 7.36. The van der Waals surface area contributed by atoms with Gasteiger partial charge in [0.1, 0.15) is 5.82 Å². The lowest BCUT2D eigenvalue weighted by atomic mass is 10.1. The Hall–Kier alpha value is -1.10. The summed E-state index contributed by atoms with van der Waals surface area (Å²) in [6, 6.07) is 3.94. The number of alkyl halides is 1. The highest BCUT2D eigenvalue weighted by Crippen LogP contribution is 2.19. The molecule has 0 radical (unpaired) electrons. The summed E-state index contributed by atoms with van der Waals surface area (Å²) in [4.78, 5) is 18.5. The van der Waals surface area contributed by atoms with Crippen LogP contribution < -0.4 is 10.2 Å². The smallest absolute Gasteiger partial charge is 0.224 e. The first-order valence-corrected chi connectivity index (χ1v) is 8.48. The molecule has 0 saturated carbocycles. The van der Waals surface area contributed by atoms with Gasteiger partial charge in [0, 0.05) is 24.8 Å². The Morgan fingerprint density at radius 3 is 2.70 bits per heavy atom. The van der Waals surface area contributed by atoms with Crippen molar-refractivity contribution in [1.29, 1.82) is 0 Å². The molecule has 1 aromatic rings. The summed E-state index contributed by atoms with van der Waals surface area (Å²) in [5.74, 6) is 1.08. The molecule has 4 nitrogen and oxygen atoms in total. The van der Waals surface area contributed by atoms with Gasteiger partial charge >= 0.3 is 0 Å². The maximum atomic E-state index is 11.7. The predicted molar refractivity (Wildman–Crippen MR) is 86.6 cm³/mol. The van der Waals surface area contributed by atoms with E-state index in [4.69, 9.17) is 0 Å². The van der Waals surface area contributed by atoms with Crippen LogP contribution in [0.2, 0.25) is 0 Å². The lowest BCUT2D eigenvalue weighted by molar-refractivity contribution is -0.116. The van der Waals surface area contributed by atoms with Gasteiger partial charge in [0.05, 0.1) is 11.9 Å². The summed E-state index contributed by atoms with van der Waals surface area (Å²) < 4.78 is 0. The highest BCUT2D eigenvalue weighted by Gasteiger charge is 2.11. The van der Waals surface area contributed by atoms with Crippen molar-refractivity contribution in [3.63, 3.8) is 0 Å². The molecule has 1 N–H and O–H groups in total. The van der Waals surface area contributed by atoms with Crippen molar-refractivity contribution < 1.29 is 4.79 Å². The van der Waals surface area contributed by atoms with E-state index in [0.717, 1.165) is 42.8 Å². The molecule has 2 rings (SSSR count). The molecular formula is C15H22BrN3O. The molecule has 1 aliphatic rings. The van der Waals surface area contributed by atoms with Gasteiger partial charge in [0.15, 0.2) is 0 Å². The number of hydrogen-bond acceptors (Lipinski definition) is 3. The third-order valence-electron chi connectivity index (χ3n) is 3.50. The van der Waals surface area contributed by atoms with Crippen molar-refractivity contribution in [2.24, 2.45) is 0 Å². The fraction of sp³-hybridized carbons (Fsp3) is 0.600. The highest BCUT2D eigenvalue weighted by atomic mass is 79.9. The number of carbonyl (C=O) groups is 1. The maximum Gasteiger partial charge on any atom is 0.224 e. The number of aromatic nitrogens is 1. The molecule has 2 heterocycles. The number of piperidine rings is 1. The van der Waals surface area contributed by atoms with Gasteiger partial charge in [0.2, 0.25) is 5.91 Å². The SMILES string of the molecule is O=C(CCCCBr)Nc1ccc(N2CCCCC2)nc1. The number of amides is 1. The minimum atomic E-state index is 0.0680. The molecule has 110 valence electrons. The van der Waals surface area contributed by atoms with E-state index in [1.165, 1.54) is 19.3 Å². The van der Waals surface area contributed by atoms with Gasteiger partial charge < -0.3 is 10.2 Å². The average molecular weight is 340 g/mol. The van der Waals surface area contributed by atoms with Crippen LogP contribution in [0.3, 0.4) is 0 Å². The van der Waals surface area contributed by atoms with Crippen LogP contribution in [0.15, 0.2) is 18.3 Å². The standard InChI is InChI=1S/C15H22BrN3O/c16-9-3-2-6-15(20)18-13-7-8-14(17-12-13)19-10-4-1-5-11-19/h7-8,12H,1-6,9-11H2,(H,18,20). The third-order valence-corrected chi connectivity index (χ3v) is 4.06. The van der Waals surface area contributed by atoms with Gasteiger partial charge in [-0.3, -0.25) is 4.79 Å². The largest absolute Gasteiger partial charge is 0.357 e. The molecular weight excluding hydrogens is 318 g/mol. The van der Waals surface area contributed by atoms with Gasteiger partial charge in [0.25, 0.3) is 0 Å². The highest BCUT2D eigenvalue weighted by molar-refractivity contribution is 9.09. The first-order chi connectivity index (χ1) is 9.79. The molecule has 0 aliphatic carbocycles. The fourth-order valence-corrected chi connectivity index (χ4v) is 2.77. The van der Waals surface area contributed by atoms with E-state index in [1.54, 1.807) is 6.20 Å². The number of nitrogens with zero attached hydrogens (tertiary/aromatic N) is 2. The lowest BCUT2D eigenvalue weighted by Gasteiger charge is -2.27. The number of halogens is 1. The molecule has 1 fully saturated rings. The van der Waals surface area contributed by atoms with Gasteiger partial charge in [-0.15, -0.1) is 0 Å². The Labute approximate surface area is 129 Å². The van der Waals surface area contributed by atoms with Crippen molar-refractivity contribution in [3.8, 4) is 0 Å². The normalized spacial score (nSPS) is 15.2. The summed E-state index contributed by atoms with van der Waals surface area (Å²) >= 11 is 3.37. The van der Waals surface area contributed by atoms with Crippen molar-refractivity contribution in [2.75, 3.05) is 28.6 Å². The van der Waals surface area contributed by atoms with Crippen LogP contribution in [0.5, 0.6) is 0 Å². The summed E-state index contributed by atoms with van der Waals surface area (Å²) in [5.41, 5.74) is 0.787. The predicted octanol–water partition coefficient (Wildman–Crippen LogP) is 3.58. The fourth-order valence-electron chi connectivity index (χ4n) is 2.37. The second kappa shape index (κ2) is 8.25. The van der Waals surface area contributed by atoms with Gasteiger partial charge in [-0.2, -0.15) is 0 Å². The van der Waals surface area contributed by atoms with Crippen LogP contribution in [0.1, 0.15) is 38.5 Å². The van der Waals surface area contributed by atoms with Crippen molar-refractivity contribution in [1.82, 2.24) is 4.98 Å². The Bertz CT molecular complexity index is 416. The van der Waals surface area contributed by atoms with Crippen LogP contribution in [0.4, 0.5) is 11.5 Å². The Balaban J connectivity index is 1.83. The Morgan fingerprint density at radius 2 is 2.05 bits per heavy atom. The number of carbonyl (C=O) groups excluding carboxylic acids is 1. The molecule has 0 aromatic carbocycles. The van der Waals surface area contributed by atoms with Gasteiger partial charge in [-0.1, -0.05) is 15.9 Å². The van der Waals surface area contributed by atoms with Gasteiger partial charge in [-0.25, -0.2) is 4.98 Å². The molecule has 1 saturated heterocycles. The molecule has 0 bridgehead atoms. The number of anilines is 2. The second-order valence-electron chi connectivity index (χ2n) is 5.15. The quantitative estimate of drug-likeness (QED) is 0.636. The van der Waals surface area contributed by atoms with Crippen LogP contribution >= 0.6 is 15.9 Å². The van der Waals surface area contributed by atoms with Crippen molar-refractivity contribution >= 4 is 33.3 Å². The Morgan fingerprint density at radius 1 is 1.25 bits per heavy atom. The Kier molecular flexibility index (Phi) is 6.30. The molecule has 0 atom stereocenters. The number of rotatable bonds is 6. The third kappa shape index (κ3) is 4.78. The average Bonchev–Trinajstić information content (AvgIpc) is 2.49. The van der Waals surface area contributed by atoms with Crippen LogP contribution in [0.25, 0.3) is 0 Å². The van der Waals surface area contributed by atoms with E-state index < -0.39 is 0 Å². The zero-order valence-corrected chi connectivity index (χ0v) is 13.4. The summed E-state index contributed by atoms with van der Waals surface area (Å²) in [6.45, 7) is 2.18. The topological polar surface area (TPSA) is 45.2 Å². The maximum absolute atomic E-state index is 11.7. The number of hydrogen-bond donors (Lipinski definition) is 1. The molecule has 5 heteroatoms. The van der Waals surface area contributed by atoms with Crippen LogP contribution in [0, 0.1) is 0 Å². The van der Waals surface area contributed by atoms with E-state index >= 15 is 0 Å². The van der Waals surface area contributed by atoms with Crippen molar-refractivity contribution in [3.05, 3.63) is 18.3 Å². The van der Waals surface area contributed by atoms with Gasteiger partial charge in [-0.05, 0) is 44.2 Å². The number of nitrogens with one attached hydrogen (secondary N) is 1. The first kappa shape index (κ1) is 15.3. The molecule has 1 aromatic heterocycles. The molecule has 1 aliphatic heterocycles. The summed E-state index contributed by atoms with van der Waals surface area (Å²) in [7, 11) is 0. The number of unbranched alkanes of at least 4 members (excludes halogenated alkanes) is 1. The molecule has 1 amide bonds. The van der Waals surface area contributed by atoms with E-state index in [2.05, 4.69) is 31.1 Å². The minimum absolute atomic E-state index is 0.0680. The van der Waals surface area contributed by atoms with E-state index in [9.17, 15) is 4.79 Å².